The SMILES string of the molecule is CN1C(=O)[C@@H](NC(=O)c2cc(Oc3cncc(F)c3)ccn2)COc2ccc(C#CC3(O)COC3)cc21. The molecule has 0 radical (unpaired) electrons. The van der Waals surface area contributed by atoms with Gasteiger partial charge in [0, 0.05) is 30.9 Å². The van der Waals surface area contributed by atoms with Crippen LogP contribution in [0.4, 0.5) is 10.1 Å². The van der Waals surface area contributed by atoms with Crippen molar-refractivity contribution in [1.29, 1.82) is 0 Å². The lowest BCUT2D eigenvalue weighted by molar-refractivity contribution is -0.140. The van der Waals surface area contributed by atoms with Gasteiger partial charge in [-0.2, -0.15) is 0 Å². The maximum Gasteiger partial charge on any atom is 0.270 e. The molecule has 1 fully saturated rings. The molecule has 1 aromatic carbocycles. The molecule has 0 unspecified atom stereocenters. The summed E-state index contributed by atoms with van der Waals surface area (Å²) in [5.74, 6) is 4.93. The van der Waals surface area contributed by atoms with Gasteiger partial charge in [-0.3, -0.25) is 19.6 Å². The number of aromatic nitrogens is 2. The van der Waals surface area contributed by atoms with Crippen molar-refractivity contribution in [3.63, 3.8) is 0 Å². The summed E-state index contributed by atoms with van der Waals surface area (Å²) >= 11 is 0. The number of rotatable bonds is 4. The van der Waals surface area contributed by atoms with E-state index < -0.39 is 29.3 Å². The quantitative estimate of drug-likeness (QED) is 0.515. The molecule has 10 nitrogen and oxygen atoms in total. The molecule has 0 spiro atoms. The number of ether oxygens (including phenoxy) is 3. The molecular weight excluding hydrogens is 483 g/mol. The van der Waals surface area contributed by atoms with Gasteiger partial charge in [-0.05, 0) is 24.3 Å². The first-order valence-electron chi connectivity index (χ1n) is 11.2. The van der Waals surface area contributed by atoms with Crippen molar-refractivity contribution in [3.8, 4) is 29.1 Å². The van der Waals surface area contributed by atoms with Crippen molar-refractivity contribution in [3.05, 3.63) is 72.1 Å². The molecule has 2 aliphatic heterocycles. The smallest absolute Gasteiger partial charge is 0.270 e. The number of benzene rings is 1. The Labute approximate surface area is 211 Å². The summed E-state index contributed by atoms with van der Waals surface area (Å²) in [7, 11) is 1.57. The molecule has 2 N–H and O–H groups in total. The van der Waals surface area contributed by atoms with Crippen LogP contribution in [0.3, 0.4) is 0 Å². The second kappa shape index (κ2) is 9.85. The predicted molar refractivity (Wildman–Crippen MR) is 128 cm³/mol. The monoisotopic (exact) mass is 504 g/mol. The maximum absolute atomic E-state index is 13.4. The minimum Gasteiger partial charge on any atom is -0.489 e. The second-order valence-corrected chi connectivity index (χ2v) is 8.51. The Morgan fingerprint density at radius 3 is 2.84 bits per heavy atom. The van der Waals surface area contributed by atoms with Gasteiger partial charge in [-0.25, -0.2) is 4.39 Å². The van der Waals surface area contributed by atoms with Crippen LogP contribution in [0, 0.1) is 17.7 Å². The lowest BCUT2D eigenvalue weighted by atomic mass is 10.0. The lowest BCUT2D eigenvalue weighted by Gasteiger charge is -2.30. The van der Waals surface area contributed by atoms with Gasteiger partial charge in [0.05, 0.1) is 31.3 Å². The van der Waals surface area contributed by atoms with Gasteiger partial charge >= 0.3 is 0 Å². The zero-order valence-electron chi connectivity index (χ0n) is 19.6. The fraction of sp³-hybridized carbons (Fsp3) is 0.231. The Hall–Kier alpha value is -4.53. The number of hydrogen-bond donors (Lipinski definition) is 2. The van der Waals surface area contributed by atoms with Gasteiger partial charge < -0.3 is 29.5 Å². The Morgan fingerprint density at radius 1 is 1.24 bits per heavy atom. The van der Waals surface area contributed by atoms with Crippen LogP contribution in [0.5, 0.6) is 17.2 Å². The van der Waals surface area contributed by atoms with E-state index >= 15 is 0 Å². The molecule has 5 rings (SSSR count). The highest BCUT2D eigenvalue weighted by Crippen LogP contribution is 2.32. The van der Waals surface area contributed by atoms with Crippen molar-refractivity contribution in [2.75, 3.05) is 31.8 Å². The van der Waals surface area contributed by atoms with Crippen molar-refractivity contribution in [2.45, 2.75) is 11.6 Å². The first-order valence-corrected chi connectivity index (χ1v) is 11.2. The van der Waals surface area contributed by atoms with Crippen molar-refractivity contribution in [2.24, 2.45) is 0 Å². The van der Waals surface area contributed by atoms with Crippen LogP contribution in [0.2, 0.25) is 0 Å². The van der Waals surface area contributed by atoms with Crippen LogP contribution in [0.25, 0.3) is 0 Å². The molecule has 0 bridgehead atoms. The number of nitrogens with one attached hydrogen (secondary N) is 1. The average molecular weight is 504 g/mol. The topological polar surface area (TPSA) is 123 Å². The highest BCUT2D eigenvalue weighted by molar-refractivity contribution is 6.03. The number of fused-ring (bicyclic) bond motifs is 1. The summed E-state index contributed by atoms with van der Waals surface area (Å²) in [6.07, 6.45) is 3.74. The van der Waals surface area contributed by atoms with Gasteiger partial charge in [0.1, 0.15) is 41.4 Å². The second-order valence-electron chi connectivity index (χ2n) is 8.51. The van der Waals surface area contributed by atoms with E-state index in [0.29, 0.717) is 17.0 Å². The van der Waals surface area contributed by atoms with Crippen LogP contribution < -0.4 is 19.7 Å². The van der Waals surface area contributed by atoms with E-state index in [4.69, 9.17) is 14.2 Å². The Morgan fingerprint density at radius 2 is 2.08 bits per heavy atom. The number of aliphatic hydroxyl groups is 1. The molecule has 2 aliphatic rings. The number of likely N-dealkylation sites (N-methyl/N-ethyl adjacent to an activating group) is 1. The number of anilines is 1. The van der Waals surface area contributed by atoms with Crippen molar-refractivity contribution in [1.82, 2.24) is 15.3 Å². The van der Waals surface area contributed by atoms with Crippen molar-refractivity contribution < 1.29 is 33.3 Å². The molecule has 0 aliphatic carbocycles. The van der Waals surface area contributed by atoms with Crippen LogP contribution in [0.15, 0.2) is 55.0 Å². The number of halogens is 1. The fourth-order valence-corrected chi connectivity index (χ4v) is 3.65. The van der Waals surface area contributed by atoms with Crippen LogP contribution in [-0.2, 0) is 9.53 Å². The maximum atomic E-state index is 13.4. The van der Waals surface area contributed by atoms with Crippen molar-refractivity contribution >= 4 is 17.5 Å². The standard InChI is InChI=1S/C26H21FN4O6/c1-31-22-8-16(4-6-26(34)14-35-15-26)2-3-23(22)36-13-21(25(31)33)30-24(32)20-10-18(5-7-29-20)37-19-9-17(27)11-28-12-19/h2-3,5,7-12,21,34H,13-15H2,1H3,(H,30,32)/t21-/m0/s1. The van der Waals surface area contributed by atoms with Gasteiger partial charge in [0.15, 0.2) is 5.60 Å². The third-order valence-corrected chi connectivity index (χ3v) is 5.66. The molecule has 37 heavy (non-hydrogen) atoms. The number of carbonyl (C=O) groups excluding carboxylic acids is 2. The molecule has 3 aromatic rings. The highest BCUT2D eigenvalue weighted by atomic mass is 19.1. The average Bonchev–Trinajstić information content (AvgIpc) is 2.98. The third-order valence-electron chi connectivity index (χ3n) is 5.66. The Balaban J connectivity index is 1.29. The van der Waals surface area contributed by atoms with E-state index in [0.717, 1.165) is 12.3 Å². The normalized spacial score (nSPS) is 17.8. The molecule has 188 valence electrons. The summed E-state index contributed by atoms with van der Waals surface area (Å²) < 4.78 is 29.7. The molecule has 2 amide bonds. The third kappa shape index (κ3) is 5.35. The predicted octanol–water partition coefficient (Wildman–Crippen LogP) is 1.67. The van der Waals surface area contributed by atoms with Crippen LogP contribution in [0.1, 0.15) is 16.1 Å². The summed E-state index contributed by atoms with van der Waals surface area (Å²) in [5.41, 5.74) is -0.109. The summed E-state index contributed by atoms with van der Waals surface area (Å²) in [6.45, 7) is 0.203. The minimum atomic E-state index is -1.16. The Bertz CT molecular complexity index is 1430. The van der Waals surface area contributed by atoms with E-state index in [1.54, 1.807) is 25.2 Å². The summed E-state index contributed by atoms with van der Waals surface area (Å²) in [5, 5.41) is 12.7. The first kappa shape index (κ1) is 24.2. The number of pyridine rings is 2. The zero-order valence-corrected chi connectivity index (χ0v) is 19.6. The molecule has 0 saturated carbocycles. The van der Waals surface area contributed by atoms with Crippen LogP contribution in [-0.4, -0.2) is 65.4 Å². The molecule has 1 atom stereocenters. The molecule has 1 saturated heterocycles. The van der Waals surface area contributed by atoms with Gasteiger partial charge in [-0.1, -0.05) is 11.8 Å². The highest BCUT2D eigenvalue weighted by Gasteiger charge is 2.34. The first-order chi connectivity index (χ1) is 17.8. The van der Waals surface area contributed by atoms with Gasteiger partial charge in [0.25, 0.3) is 11.8 Å². The molecule has 11 heteroatoms. The van der Waals surface area contributed by atoms with E-state index in [1.807, 2.05) is 0 Å². The number of hydrogen-bond acceptors (Lipinski definition) is 8. The van der Waals surface area contributed by atoms with Gasteiger partial charge in [-0.15, -0.1) is 0 Å². The van der Waals surface area contributed by atoms with Gasteiger partial charge in [0.2, 0.25) is 0 Å². The zero-order chi connectivity index (χ0) is 26.0. The minimum absolute atomic E-state index is 0.00505. The fourth-order valence-electron chi connectivity index (χ4n) is 3.65. The molecule has 2 aromatic heterocycles. The molecule has 4 heterocycles. The number of nitrogens with zero attached hydrogens (tertiary/aromatic N) is 3. The largest absolute Gasteiger partial charge is 0.489 e. The van der Waals surface area contributed by atoms with Crippen LogP contribution >= 0.6 is 0 Å². The molecular formula is C26H21FN4O6. The summed E-state index contributed by atoms with van der Waals surface area (Å²) in [6, 6.07) is 8.11. The van der Waals surface area contributed by atoms with E-state index in [2.05, 4.69) is 27.1 Å². The van der Waals surface area contributed by atoms with E-state index in [-0.39, 0.29) is 37.0 Å². The number of amides is 2. The van der Waals surface area contributed by atoms with E-state index in [9.17, 15) is 19.1 Å². The Kier molecular flexibility index (Phi) is 6.43. The number of carbonyl (C=O) groups is 2. The van der Waals surface area contributed by atoms with E-state index in [1.165, 1.54) is 29.4 Å². The summed E-state index contributed by atoms with van der Waals surface area (Å²) in [4.78, 5) is 35.2. The lowest BCUT2D eigenvalue weighted by Crippen LogP contribution is -2.49.